The first kappa shape index (κ1) is 20.9. The number of piperazine rings is 1. The summed E-state index contributed by atoms with van der Waals surface area (Å²) in [6, 6.07) is 20.0. The Morgan fingerprint density at radius 2 is 1.66 bits per heavy atom. The molecule has 2 aromatic carbocycles. The number of hydrogen-bond donors (Lipinski definition) is 1. The van der Waals surface area contributed by atoms with Crippen LogP contribution in [0.4, 0.5) is 11.8 Å². The van der Waals surface area contributed by atoms with E-state index in [9.17, 15) is 0 Å². The molecule has 166 valence electrons. The fourth-order valence-corrected chi connectivity index (χ4v) is 4.81. The van der Waals surface area contributed by atoms with Crippen LogP contribution >= 0.6 is 0 Å². The summed E-state index contributed by atoms with van der Waals surface area (Å²) in [4.78, 5) is 16.3. The van der Waals surface area contributed by atoms with Gasteiger partial charge in [0.05, 0.1) is 5.69 Å². The molecule has 1 saturated heterocycles. The molecule has 32 heavy (non-hydrogen) atoms. The van der Waals surface area contributed by atoms with Gasteiger partial charge in [0.15, 0.2) is 0 Å². The minimum absolute atomic E-state index is 0.341. The molecular formula is C26H32N6. The number of likely N-dealkylation sites (N-methyl/N-ethyl adjacent to an activating group) is 1. The third-order valence-corrected chi connectivity index (χ3v) is 6.93. The van der Waals surface area contributed by atoms with Crippen molar-refractivity contribution in [1.29, 1.82) is 0 Å². The summed E-state index contributed by atoms with van der Waals surface area (Å²) in [5, 5.41) is 0. The Bertz CT molecular complexity index is 1070. The van der Waals surface area contributed by atoms with Crippen molar-refractivity contribution in [3.05, 3.63) is 71.3 Å². The van der Waals surface area contributed by atoms with Crippen LogP contribution in [0.3, 0.4) is 0 Å². The summed E-state index contributed by atoms with van der Waals surface area (Å²) in [7, 11) is 2.16. The van der Waals surface area contributed by atoms with E-state index >= 15 is 0 Å². The molecule has 0 aliphatic carbocycles. The predicted molar refractivity (Wildman–Crippen MR) is 131 cm³/mol. The maximum Gasteiger partial charge on any atom is 0.222 e. The lowest BCUT2D eigenvalue weighted by Crippen LogP contribution is -2.44. The van der Waals surface area contributed by atoms with Gasteiger partial charge in [-0.2, -0.15) is 4.98 Å². The lowest BCUT2D eigenvalue weighted by molar-refractivity contribution is 0.192. The highest BCUT2D eigenvalue weighted by Gasteiger charge is 2.23. The monoisotopic (exact) mass is 428 g/mol. The van der Waals surface area contributed by atoms with Crippen LogP contribution in [0.5, 0.6) is 0 Å². The highest BCUT2D eigenvalue weighted by molar-refractivity contribution is 5.66. The minimum Gasteiger partial charge on any atom is -0.368 e. The molecule has 2 N–H and O–H groups in total. The van der Waals surface area contributed by atoms with Gasteiger partial charge in [0, 0.05) is 56.9 Å². The molecule has 1 fully saturated rings. The van der Waals surface area contributed by atoms with Crippen molar-refractivity contribution >= 4 is 11.8 Å². The zero-order chi connectivity index (χ0) is 22.1. The molecule has 0 bridgehead atoms. The van der Waals surface area contributed by atoms with E-state index in [0.717, 1.165) is 62.8 Å². The quantitative estimate of drug-likeness (QED) is 0.685. The standard InChI is InChI=1S/C26H32N6/c1-19(20-6-4-3-5-7-20)32-11-10-21-8-9-22(16-23(21)18-32)24-17-25(29-26(27)28-24)31-14-12-30(2)13-15-31/h3-9,16-17,19H,10-15,18H2,1-2H3,(H2,27,28,29). The molecule has 0 amide bonds. The first-order valence-corrected chi connectivity index (χ1v) is 11.6. The van der Waals surface area contributed by atoms with E-state index in [4.69, 9.17) is 5.73 Å². The molecule has 5 rings (SSSR count). The lowest BCUT2D eigenvalue weighted by atomic mass is 9.94. The number of fused-ring (bicyclic) bond motifs is 1. The number of nitrogens with zero attached hydrogens (tertiary/aromatic N) is 5. The summed E-state index contributed by atoms with van der Waals surface area (Å²) in [6.45, 7) is 8.33. The van der Waals surface area contributed by atoms with Gasteiger partial charge in [-0.1, -0.05) is 42.5 Å². The SMILES string of the molecule is CC(c1ccccc1)N1CCc2ccc(-c3cc(N4CCN(C)CC4)nc(N)n3)cc2C1. The van der Waals surface area contributed by atoms with E-state index in [-0.39, 0.29) is 0 Å². The van der Waals surface area contributed by atoms with Crippen LogP contribution in [0.1, 0.15) is 29.7 Å². The van der Waals surface area contributed by atoms with E-state index in [1.54, 1.807) is 0 Å². The van der Waals surface area contributed by atoms with Crippen molar-refractivity contribution in [1.82, 2.24) is 19.8 Å². The predicted octanol–water partition coefficient (Wildman–Crippen LogP) is 3.60. The fourth-order valence-electron chi connectivity index (χ4n) is 4.81. The zero-order valence-corrected chi connectivity index (χ0v) is 19.0. The van der Waals surface area contributed by atoms with Crippen LogP contribution < -0.4 is 10.6 Å². The minimum atomic E-state index is 0.341. The van der Waals surface area contributed by atoms with Gasteiger partial charge in [-0.15, -0.1) is 0 Å². The molecule has 3 heterocycles. The lowest BCUT2D eigenvalue weighted by Gasteiger charge is -2.34. The average molecular weight is 429 g/mol. The summed E-state index contributed by atoms with van der Waals surface area (Å²) >= 11 is 0. The highest BCUT2D eigenvalue weighted by atomic mass is 15.3. The van der Waals surface area contributed by atoms with E-state index in [0.29, 0.717) is 12.0 Å². The third-order valence-electron chi connectivity index (χ3n) is 6.93. The number of benzene rings is 2. The van der Waals surface area contributed by atoms with E-state index < -0.39 is 0 Å². The molecule has 6 nitrogen and oxygen atoms in total. The summed E-state index contributed by atoms with van der Waals surface area (Å²) in [5.74, 6) is 1.27. The third kappa shape index (κ3) is 4.33. The van der Waals surface area contributed by atoms with Gasteiger partial charge in [-0.3, -0.25) is 4.90 Å². The van der Waals surface area contributed by atoms with Crippen molar-refractivity contribution < 1.29 is 0 Å². The average Bonchev–Trinajstić information content (AvgIpc) is 2.83. The van der Waals surface area contributed by atoms with Gasteiger partial charge < -0.3 is 15.5 Å². The number of aromatic nitrogens is 2. The Labute approximate surface area is 190 Å². The molecular weight excluding hydrogens is 396 g/mol. The van der Waals surface area contributed by atoms with Crippen molar-refractivity contribution in [2.24, 2.45) is 0 Å². The maximum absolute atomic E-state index is 6.13. The van der Waals surface area contributed by atoms with Gasteiger partial charge in [0.25, 0.3) is 0 Å². The van der Waals surface area contributed by atoms with Crippen molar-refractivity contribution in [3.8, 4) is 11.3 Å². The second-order valence-electron chi connectivity index (χ2n) is 9.05. The summed E-state index contributed by atoms with van der Waals surface area (Å²) < 4.78 is 0. The van der Waals surface area contributed by atoms with Gasteiger partial charge in [0.1, 0.15) is 5.82 Å². The molecule has 1 aromatic heterocycles. The number of hydrogen-bond acceptors (Lipinski definition) is 6. The van der Waals surface area contributed by atoms with Crippen LogP contribution in [0, 0.1) is 0 Å². The molecule has 1 atom stereocenters. The number of nitrogens with two attached hydrogens (primary N) is 1. The van der Waals surface area contributed by atoms with E-state index in [1.165, 1.54) is 16.7 Å². The zero-order valence-electron chi connectivity index (χ0n) is 19.0. The Morgan fingerprint density at radius 3 is 2.44 bits per heavy atom. The molecule has 6 heteroatoms. The molecule has 0 radical (unpaired) electrons. The topological polar surface area (TPSA) is 61.5 Å². The second kappa shape index (κ2) is 8.88. The summed E-state index contributed by atoms with van der Waals surface area (Å²) in [5.41, 5.74) is 12.3. The molecule has 2 aliphatic heterocycles. The van der Waals surface area contributed by atoms with Crippen LogP contribution in [0.25, 0.3) is 11.3 Å². The summed E-state index contributed by atoms with van der Waals surface area (Å²) in [6.07, 6.45) is 1.07. The Balaban J connectivity index is 1.40. The van der Waals surface area contributed by atoms with Crippen LogP contribution in [0.15, 0.2) is 54.6 Å². The van der Waals surface area contributed by atoms with Gasteiger partial charge in [-0.05, 0) is 43.1 Å². The largest absolute Gasteiger partial charge is 0.368 e. The molecule has 2 aliphatic rings. The smallest absolute Gasteiger partial charge is 0.222 e. The van der Waals surface area contributed by atoms with Crippen molar-refractivity contribution in [3.63, 3.8) is 0 Å². The second-order valence-corrected chi connectivity index (χ2v) is 9.05. The Morgan fingerprint density at radius 1 is 0.875 bits per heavy atom. The molecule has 0 saturated carbocycles. The first-order chi connectivity index (χ1) is 15.6. The number of nitrogen functional groups attached to an aromatic ring is 1. The first-order valence-electron chi connectivity index (χ1n) is 11.6. The van der Waals surface area contributed by atoms with Gasteiger partial charge >= 0.3 is 0 Å². The Kier molecular flexibility index (Phi) is 5.81. The Hall–Kier alpha value is -2.96. The van der Waals surface area contributed by atoms with Gasteiger partial charge in [-0.25, -0.2) is 4.98 Å². The normalized spacial score (nSPS) is 18.4. The number of rotatable bonds is 4. The van der Waals surface area contributed by atoms with E-state index in [1.807, 2.05) is 0 Å². The van der Waals surface area contributed by atoms with E-state index in [2.05, 4.69) is 93.2 Å². The van der Waals surface area contributed by atoms with Gasteiger partial charge in [0.2, 0.25) is 5.95 Å². The van der Waals surface area contributed by atoms with Crippen LogP contribution in [-0.2, 0) is 13.0 Å². The fraction of sp³-hybridized carbons (Fsp3) is 0.385. The van der Waals surface area contributed by atoms with Crippen LogP contribution in [-0.4, -0.2) is 59.5 Å². The molecule has 1 unspecified atom stereocenters. The molecule has 0 spiro atoms. The van der Waals surface area contributed by atoms with Crippen LogP contribution in [0.2, 0.25) is 0 Å². The van der Waals surface area contributed by atoms with Crippen molar-refractivity contribution in [2.75, 3.05) is 50.4 Å². The van der Waals surface area contributed by atoms with Crippen molar-refractivity contribution in [2.45, 2.75) is 25.9 Å². The highest BCUT2D eigenvalue weighted by Crippen LogP contribution is 2.31. The molecule has 3 aromatic rings. The maximum atomic E-state index is 6.13. The number of anilines is 2.